The number of amides is 1. The molecule has 2 aromatic rings. The van der Waals surface area contributed by atoms with Gasteiger partial charge in [0.15, 0.2) is 0 Å². The Labute approximate surface area is 150 Å². The first-order valence-electron chi connectivity index (χ1n) is 7.86. The molecule has 0 bridgehead atoms. The van der Waals surface area contributed by atoms with Crippen molar-refractivity contribution in [1.82, 2.24) is 4.72 Å². The van der Waals surface area contributed by atoms with E-state index < -0.39 is 15.9 Å². The molecule has 136 valence electrons. The Balaban J connectivity index is 1.79. The van der Waals surface area contributed by atoms with E-state index >= 15 is 0 Å². The molecule has 26 heavy (non-hydrogen) atoms. The number of ether oxygens (including phenoxy) is 1. The van der Waals surface area contributed by atoms with E-state index in [9.17, 15) is 17.6 Å². The van der Waals surface area contributed by atoms with E-state index in [-0.39, 0.29) is 16.3 Å². The maximum absolute atomic E-state index is 13.3. The van der Waals surface area contributed by atoms with Gasteiger partial charge in [-0.1, -0.05) is 6.07 Å². The molecule has 0 saturated heterocycles. The van der Waals surface area contributed by atoms with Crippen LogP contribution < -0.4 is 10.0 Å². The van der Waals surface area contributed by atoms with Crippen molar-refractivity contribution in [2.24, 2.45) is 0 Å². The molecule has 0 spiro atoms. The number of aryl methyl sites for hydroxylation is 1. The lowest BCUT2D eigenvalue weighted by Gasteiger charge is -2.10. The van der Waals surface area contributed by atoms with Gasteiger partial charge in [-0.15, -0.1) is 0 Å². The first-order valence-corrected chi connectivity index (χ1v) is 9.34. The zero-order valence-electron chi connectivity index (χ0n) is 14.0. The molecule has 8 heteroatoms. The molecule has 2 N–H and O–H groups in total. The van der Waals surface area contributed by atoms with Crippen molar-refractivity contribution < 1.29 is 22.3 Å². The highest BCUT2D eigenvalue weighted by molar-refractivity contribution is 7.89. The fourth-order valence-electron chi connectivity index (χ4n) is 2.42. The van der Waals surface area contributed by atoms with Gasteiger partial charge in [-0.25, -0.2) is 12.8 Å². The zero-order valence-corrected chi connectivity index (χ0v) is 14.8. The van der Waals surface area contributed by atoms with E-state index in [1.807, 2.05) is 0 Å². The van der Waals surface area contributed by atoms with E-state index in [0.29, 0.717) is 30.0 Å². The predicted octanol–water partition coefficient (Wildman–Crippen LogP) is 2.93. The van der Waals surface area contributed by atoms with Crippen LogP contribution in [0.5, 0.6) is 0 Å². The minimum absolute atomic E-state index is 0.0340. The van der Waals surface area contributed by atoms with Gasteiger partial charge in [0.2, 0.25) is 0 Å². The quantitative estimate of drug-likeness (QED) is 0.840. The van der Waals surface area contributed by atoms with Crippen molar-refractivity contribution in [1.29, 1.82) is 0 Å². The van der Waals surface area contributed by atoms with Crippen LogP contribution >= 0.6 is 0 Å². The third-order valence-corrected chi connectivity index (χ3v) is 5.21. The van der Waals surface area contributed by atoms with Crippen LogP contribution in [0.1, 0.15) is 22.3 Å². The molecular formula is C18H17FN2O4S. The first kappa shape index (κ1) is 17.9. The lowest BCUT2D eigenvalue weighted by Crippen LogP contribution is -2.23. The topological polar surface area (TPSA) is 84.5 Å². The van der Waals surface area contributed by atoms with E-state index in [1.165, 1.54) is 48.7 Å². The van der Waals surface area contributed by atoms with Gasteiger partial charge in [-0.3, -0.25) is 9.52 Å². The van der Waals surface area contributed by atoms with Crippen LogP contribution in [0.25, 0.3) is 0 Å². The summed E-state index contributed by atoms with van der Waals surface area (Å²) < 4.78 is 45.6. The van der Waals surface area contributed by atoms with Crippen molar-refractivity contribution in [2.75, 3.05) is 11.9 Å². The molecule has 0 atom stereocenters. The predicted molar refractivity (Wildman–Crippen MR) is 94.5 cm³/mol. The molecule has 0 aliphatic carbocycles. The molecule has 0 unspecified atom stereocenters. The van der Waals surface area contributed by atoms with E-state index in [1.54, 1.807) is 6.92 Å². The standard InChI is InChI=1S/C18H17FN2O4S/c1-12-9-14(5-6-17(12)19)20-18(22)13-3-2-4-16(10-13)26(23,24)21-15-7-8-25-11-15/h2-6,9-11,21H,7-8H2,1H3,(H,20,22). The van der Waals surface area contributed by atoms with Crippen LogP contribution in [0.4, 0.5) is 10.1 Å². The van der Waals surface area contributed by atoms with E-state index in [2.05, 4.69) is 10.0 Å². The number of anilines is 1. The number of sulfonamides is 1. The van der Waals surface area contributed by atoms with Gasteiger partial charge in [0.1, 0.15) is 12.1 Å². The Morgan fingerprint density at radius 2 is 2.00 bits per heavy atom. The average molecular weight is 376 g/mol. The Morgan fingerprint density at radius 1 is 1.19 bits per heavy atom. The number of rotatable bonds is 5. The van der Waals surface area contributed by atoms with Crippen LogP contribution in [0.15, 0.2) is 59.3 Å². The summed E-state index contributed by atoms with van der Waals surface area (Å²) >= 11 is 0. The van der Waals surface area contributed by atoms with Gasteiger partial charge in [0, 0.05) is 17.7 Å². The number of hydrogen-bond acceptors (Lipinski definition) is 4. The molecule has 0 radical (unpaired) electrons. The highest BCUT2D eigenvalue weighted by Crippen LogP contribution is 2.18. The summed E-state index contributed by atoms with van der Waals surface area (Å²) in [6.07, 6.45) is 1.84. The van der Waals surface area contributed by atoms with Crippen molar-refractivity contribution in [3.63, 3.8) is 0 Å². The maximum Gasteiger partial charge on any atom is 0.261 e. The van der Waals surface area contributed by atoms with E-state index in [4.69, 9.17) is 4.74 Å². The number of benzene rings is 2. The minimum Gasteiger partial charge on any atom is -0.499 e. The molecule has 0 saturated carbocycles. The Kier molecular flexibility index (Phi) is 4.94. The average Bonchev–Trinajstić information content (AvgIpc) is 3.10. The van der Waals surface area contributed by atoms with Crippen molar-refractivity contribution in [2.45, 2.75) is 18.2 Å². The summed E-state index contributed by atoms with van der Waals surface area (Å²) in [7, 11) is -3.81. The summed E-state index contributed by atoms with van der Waals surface area (Å²) in [5.41, 5.74) is 1.46. The van der Waals surface area contributed by atoms with Gasteiger partial charge in [-0.2, -0.15) is 0 Å². The zero-order chi connectivity index (χ0) is 18.7. The maximum atomic E-state index is 13.3. The number of halogens is 1. The fourth-order valence-corrected chi connectivity index (χ4v) is 3.58. The van der Waals surface area contributed by atoms with Crippen LogP contribution in [0.3, 0.4) is 0 Å². The molecule has 1 aliphatic rings. The summed E-state index contributed by atoms with van der Waals surface area (Å²) in [5.74, 6) is -0.858. The normalized spacial score (nSPS) is 13.7. The molecule has 0 aromatic heterocycles. The Morgan fingerprint density at radius 3 is 2.69 bits per heavy atom. The van der Waals surface area contributed by atoms with Crippen LogP contribution in [0.2, 0.25) is 0 Å². The third kappa shape index (κ3) is 4.02. The van der Waals surface area contributed by atoms with Gasteiger partial charge in [0.25, 0.3) is 15.9 Å². The van der Waals surface area contributed by atoms with Crippen LogP contribution in [-0.2, 0) is 14.8 Å². The highest BCUT2D eigenvalue weighted by Gasteiger charge is 2.19. The number of nitrogens with one attached hydrogen (secondary N) is 2. The molecular weight excluding hydrogens is 359 g/mol. The van der Waals surface area contributed by atoms with Crippen LogP contribution in [0, 0.1) is 12.7 Å². The molecule has 0 fully saturated rings. The molecule has 2 aromatic carbocycles. The lowest BCUT2D eigenvalue weighted by molar-refractivity contribution is 0.102. The molecule has 3 rings (SSSR count). The van der Waals surface area contributed by atoms with E-state index in [0.717, 1.165) is 0 Å². The summed E-state index contributed by atoms with van der Waals surface area (Å²) in [5, 5.41) is 2.63. The lowest BCUT2D eigenvalue weighted by atomic mass is 10.2. The second kappa shape index (κ2) is 7.17. The summed E-state index contributed by atoms with van der Waals surface area (Å²) in [4.78, 5) is 12.3. The van der Waals surface area contributed by atoms with Crippen molar-refractivity contribution in [3.05, 3.63) is 71.4 Å². The summed E-state index contributed by atoms with van der Waals surface area (Å²) in [6, 6.07) is 9.87. The monoisotopic (exact) mass is 376 g/mol. The fraction of sp³-hybridized carbons (Fsp3) is 0.167. The molecule has 1 amide bonds. The minimum atomic E-state index is -3.81. The van der Waals surface area contributed by atoms with Gasteiger partial charge >= 0.3 is 0 Å². The number of carbonyl (C=O) groups is 1. The largest absolute Gasteiger partial charge is 0.499 e. The third-order valence-electron chi connectivity index (χ3n) is 3.80. The smallest absolute Gasteiger partial charge is 0.261 e. The van der Waals surface area contributed by atoms with Crippen LogP contribution in [-0.4, -0.2) is 20.9 Å². The first-order chi connectivity index (χ1) is 12.3. The Hall–Kier alpha value is -2.87. The second-order valence-corrected chi connectivity index (χ2v) is 7.50. The SMILES string of the molecule is Cc1cc(NC(=O)c2cccc(S(=O)(=O)NC3=COCC3)c2)ccc1F. The van der Waals surface area contributed by atoms with Gasteiger partial charge < -0.3 is 10.1 Å². The summed E-state index contributed by atoms with van der Waals surface area (Å²) in [6.45, 7) is 2.02. The molecule has 1 heterocycles. The number of carbonyl (C=O) groups excluding carboxylic acids is 1. The molecule has 6 nitrogen and oxygen atoms in total. The van der Waals surface area contributed by atoms with Crippen molar-refractivity contribution in [3.8, 4) is 0 Å². The number of hydrogen-bond donors (Lipinski definition) is 2. The van der Waals surface area contributed by atoms with Gasteiger partial charge in [-0.05, 0) is 48.9 Å². The van der Waals surface area contributed by atoms with Gasteiger partial charge in [0.05, 0.1) is 17.2 Å². The molecule has 1 aliphatic heterocycles. The van der Waals surface area contributed by atoms with Crippen molar-refractivity contribution >= 4 is 21.6 Å². The second-order valence-electron chi connectivity index (χ2n) is 5.82. The Bertz CT molecular complexity index is 986. The highest BCUT2D eigenvalue weighted by atomic mass is 32.2.